The molecule has 0 spiro atoms. The quantitative estimate of drug-likeness (QED) is 0.555. The third-order valence-electron chi connectivity index (χ3n) is 2.86. The summed E-state index contributed by atoms with van der Waals surface area (Å²) in [6, 6.07) is 5.18. The van der Waals surface area contributed by atoms with Gasteiger partial charge in [-0.3, -0.25) is 10.1 Å². The molecule has 6 heteroatoms. The number of nitro groups is 1. The van der Waals surface area contributed by atoms with E-state index >= 15 is 0 Å². The summed E-state index contributed by atoms with van der Waals surface area (Å²) in [5.74, 6) is 0.322. The van der Waals surface area contributed by atoms with Crippen molar-refractivity contribution in [3.63, 3.8) is 0 Å². The summed E-state index contributed by atoms with van der Waals surface area (Å²) < 4.78 is 10.5. The number of benzene rings is 1. The highest BCUT2D eigenvalue weighted by Gasteiger charge is 2.17. The Morgan fingerprint density at radius 3 is 2.70 bits per heavy atom. The largest absolute Gasteiger partial charge is 0.487 e. The van der Waals surface area contributed by atoms with E-state index < -0.39 is 4.92 Å². The minimum Gasteiger partial charge on any atom is -0.487 e. The average molecular weight is 282 g/mol. The predicted molar refractivity (Wildman–Crippen MR) is 77.3 cm³/mol. The molecule has 0 heterocycles. The standard InChI is InChI=1S/C14H22N2O4/c1-4-15-12(10-19-3)8-11-6-7-13(16(17)18)14(9-11)20-5-2/h6-7,9,12,15H,4-5,8,10H2,1-3H3. The molecule has 20 heavy (non-hydrogen) atoms. The Morgan fingerprint density at radius 2 is 2.15 bits per heavy atom. The second kappa shape index (κ2) is 8.50. The fourth-order valence-corrected chi connectivity index (χ4v) is 2.07. The third kappa shape index (κ3) is 4.79. The minimum absolute atomic E-state index is 0.00217. The van der Waals surface area contributed by atoms with E-state index in [2.05, 4.69) is 5.32 Å². The smallest absolute Gasteiger partial charge is 0.310 e. The zero-order chi connectivity index (χ0) is 15.0. The van der Waals surface area contributed by atoms with Crippen molar-refractivity contribution in [2.75, 3.05) is 26.9 Å². The highest BCUT2D eigenvalue weighted by Crippen LogP contribution is 2.28. The number of methoxy groups -OCH3 is 1. The fourth-order valence-electron chi connectivity index (χ4n) is 2.07. The first-order valence-electron chi connectivity index (χ1n) is 6.74. The Hall–Kier alpha value is -1.66. The molecular weight excluding hydrogens is 260 g/mol. The Kier molecular flexibility index (Phi) is 6.97. The molecule has 0 fully saturated rings. The van der Waals surface area contributed by atoms with E-state index in [1.54, 1.807) is 19.2 Å². The van der Waals surface area contributed by atoms with Gasteiger partial charge in [-0.15, -0.1) is 0 Å². The van der Waals surface area contributed by atoms with Crippen molar-refractivity contribution in [1.29, 1.82) is 0 Å². The topological polar surface area (TPSA) is 73.6 Å². The molecule has 0 amide bonds. The second-order valence-electron chi connectivity index (χ2n) is 4.41. The summed E-state index contributed by atoms with van der Waals surface area (Å²) >= 11 is 0. The van der Waals surface area contributed by atoms with E-state index in [0.717, 1.165) is 18.5 Å². The lowest BCUT2D eigenvalue weighted by Crippen LogP contribution is -2.34. The molecule has 0 aliphatic carbocycles. The second-order valence-corrected chi connectivity index (χ2v) is 4.41. The van der Waals surface area contributed by atoms with Gasteiger partial charge in [-0.2, -0.15) is 0 Å². The molecule has 0 saturated carbocycles. The molecule has 0 radical (unpaired) electrons. The van der Waals surface area contributed by atoms with E-state index in [1.807, 2.05) is 13.8 Å². The summed E-state index contributed by atoms with van der Waals surface area (Å²) in [6.07, 6.45) is 0.736. The lowest BCUT2D eigenvalue weighted by Gasteiger charge is -2.17. The van der Waals surface area contributed by atoms with Crippen LogP contribution in [0.1, 0.15) is 19.4 Å². The van der Waals surface area contributed by atoms with Crippen molar-refractivity contribution in [3.8, 4) is 5.75 Å². The van der Waals surface area contributed by atoms with Crippen LogP contribution < -0.4 is 10.1 Å². The van der Waals surface area contributed by atoms with Gasteiger partial charge in [0.1, 0.15) is 0 Å². The van der Waals surface area contributed by atoms with Gasteiger partial charge < -0.3 is 14.8 Å². The zero-order valence-electron chi connectivity index (χ0n) is 12.2. The van der Waals surface area contributed by atoms with E-state index in [-0.39, 0.29) is 11.7 Å². The van der Waals surface area contributed by atoms with Crippen LogP contribution >= 0.6 is 0 Å². The molecule has 0 aliphatic heterocycles. The lowest BCUT2D eigenvalue weighted by molar-refractivity contribution is -0.385. The third-order valence-corrected chi connectivity index (χ3v) is 2.86. The molecule has 112 valence electrons. The summed E-state index contributed by atoms with van der Waals surface area (Å²) in [6.45, 7) is 5.68. The first kappa shape index (κ1) is 16.4. The van der Waals surface area contributed by atoms with Gasteiger partial charge in [0.25, 0.3) is 0 Å². The SMILES string of the molecule is CCNC(COC)Cc1ccc([N+](=O)[O-])c(OCC)c1. The molecule has 0 bridgehead atoms. The van der Waals surface area contributed by atoms with E-state index in [1.165, 1.54) is 6.07 Å². The minimum atomic E-state index is -0.425. The Balaban J connectivity index is 2.89. The summed E-state index contributed by atoms with van der Waals surface area (Å²) in [5.41, 5.74) is 0.990. The number of hydrogen-bond acceptors (Lipinski definition) is 5. The van der Waals surface area contributed by atoms with Crippen molar-refractivity contribution in [2.24, 2.45) is 0 Å². The van der Waals surface area contributed by atoms with Crippen molar-refractivity contribution < 1.29 is 14.4 Å². The number of rotatable bonds is 9. The summed E-state index contributed by atoms with van der Waals surface area (Å²) in [7, 11) is 1.66. The maximum atomic E-state index is 10.9. The lowest BCUT2D eigenvalue weighted by atomic mass is 10.1. The number of hydrogen-bond donors (Lipinski definition) is 1. The number of nitrogens with zero attached hydrogens (tertiary/aromatic N) is 1. The van der Waals surface area contributed by atoms with Gasteiger partial charge >= 0.3 is 5.69 Å². The van der Waals surface area contributed by atoms with Gasteiger partial charge in [-0.05, 0) is 31.5 Å². The summed E-state index contributed by atoms with van der Waals surface area (Å²) in [4.78, 5) is 10.5. The van der Waals surface area contributed by atoms with Gasteiger partial charge in [0.05, 0.1) is 18.1 Å². The van der Waals surface area contributed by atoms with Gasteiger partial charge in [-0.25, -0.2) is 0 Å². The van der Waals surface area contributed by atoms with E-state index in [0.29, 0.717) is 19.0 Å². The normalized spacial score (nSPS) is 12.2. The molecule has 0 saturated heterocycles. The van der Waals surface area contributed by atoms with Crippen LogP contribution in [0.15, 0.2) is 18.2 Å². The predicted octanol–water partition coefficient (Wildman–Crippen LogP) is 2.16. The highest BCUT2D eigenvalue weighted by molar-refractivity contribution is 5.48. The van der Waals surface area contributed by atoms with Crippen molar-refractivity contribution >= 4 is 5.69 Å². The number of likely N-dealkylation sites (N-methyl/N-ethyl adjacent to an activating group) is 1. The van der Waals surface area contributed by atoms with Gasteiger partial charge in [0, 0.05) is 19.2 Å². The van der Waals surface area contributed by atoms with Crippen LogP contribution in [0.3, 0.4) is 0 Å². The van der Waals surface area contributed by atoms with Crippen LogP contribution in [-0.2, 0) is 11.2 Å². The molecule has 0 aliphatic rings. The molecule has 1 rings (SSSR count). The molecule has 1 N–H and O–H groups in total. The molecule has 0 aromatic heterocycles. The van der Waals surface area contributed by atoms with Crippen molar-refractivity contribution in [3.05, 3.63) is 33.9 Å². The number of nitrogens with one attached hydrogen (secondary N) is 1. The first-order valence-corrected chi connectivity index (χ1v) is 6.74. The molecule has 1 aromatic carbocycles. The Labute approximate surface area is 119 Å². The maximum Gasteiger partial charge on any atom is 0.310 e. The van der Waals surface area contributed by atoms with Crippen molar-refractivity contribution in [1.82, 2.24) is 5.32 Å². The van der Waals surface area contributed by atoms with Crippen LogP contribution in [0.2, 0.25) is 0 Å². The summed E-state index contributed by atoms with van der Waals surface area (Å²) in [5, 5.41) is 14.2. The van der Waals surface area contributed by atoms with Crippen LogP contribution in [0.25, 0.3) is 0 Å². The average Bonchev–Trinajstić information content (AvgIpc) is 2.39. The maximum absolute atomic E-state index is 10.9. The molecule has 1 unspecified atom stereocenters. The van der Waals surface area contributed by atoms with Crippen LogP contribution in [0, 0.1) is 10.1 Å². The van der Waals surface area contributed by atoms with Crippen molar-refractivity contribution in [2.45, 2.75) is 26.3 Å². The Bertz CT molecular complexity index is 431. The first-order chi connectivity index (χ1) is 9.62. The highest BCUT2D eigenvalue weighted by atomic mass is 16.6. The monoisotopic (exact) mass is 282 g/mol. The van der Waals surface area contributed by atoms with Gasteiger partial charge in [0.15, 0.2) is 5.75 Å². The molecule has 6 nitrogen and oxygen atoms in total. The molecule has 1 aromatic rings. The van der Waals surface area contributed by atoms with E-state index in [4.69, 9.17) is 9.47 Å². The van der Waals surface area contributed by atoms with Crippen LogP contribution in [0.4, 0.5) is 5.69 Å². The van der Waals surface area contributed by atoms with Gasteiger partial charge in [0.2, 0.25) is 0 Å². The van der Waals surface area contributed by atoms with Crippen LogP contribution in [-0.4, -0.2) is 37.8 Å². The fraction of sp³-hybridized carbons (Fsp3) is 0.571. The molecular formula is C14H22N2O4. The number of nitro benzene ring substituents is 1. The van der Waals surface area contributed by atoms with Gasteiger partial charge in [-0.1, -0.05) is 13.0 Å². The Morgan fingerprint density at radius 1 is 1.40 bits per heavy atom. The van der Waals surface area contributed by atoms with Crippen LogP contribution in [0.5, 0.6) is 5.75 Å². The zero-order valence-corrected chi connectivity index (χ0v) is 12.2. The van der Waals surface area contributed by atoms with E-state index in [9.17, 15) is 10.1 Å². The number of ether oxygens (including phenoxy) is 2. The molecule has 1 atom stereocenters.